The molecule has 0 spiro atoms. The van der Waals surface area contributed by atoms with Crippen molar-refractivity contribution in [1.29, 1.82) is 0 Å². The zero-order valence-electron chi connectivity index (χ0n) is 16.1. The van der Waals surface area contributed by atoms with E-state index in [0.29, 0.717) is 0 Å². The van der Waals surface area contributed by atoms with Crippen LogP contribution < -0.4 is 0 Å². The van der Waals surface area contributed by atoms with Crippen molar-refractivity contribution in [1.82, 2.24) is 0 Å². The monoisotopic (exact) mass is 377 g/mol. The van der Waals surface area contributed by atoms with Gasteiger partial charge in [-0.1, -0.05) is 33.1 Å². The minimum atomic E-state index is -1.44. The summed E-state index contributed by atoms with van der Waals surface area (Å²) in [6, 6.07) is 6.25. The van der Waals surface area contributed by atoms with Crippen LogP contribution in [0, 0.1) is 10.1 Å². The molecule has 1 aliphatic rings. The summed E-state index contributed by atoms with van der Waals surface area (Å²) in [5, 5.41) is 10.8. The lowest BCUT2D eigenvalue weighted by molar-refractivity contribution is -0.384. The van der Waals surface area contributed by atoms with Gasteiger partial charge in [-0.3, -0.25) is 10.1 Å². The van der Waals surface area contributed by atoms with E-state index in [-0.39, 0.29) is 17.4 Å². The maximum Gasteiger partial charge on any atom is 0.338 e. The summed E-state index contributed by atoms with van der Waals surface area (Å²) < 4.78 is 11.6. The highest BCUT2D eigenvalue weighted by Crippen LogP contribution is 2.46. The molecule has 0 aromatic heterocycles. The molecular weight excluding hydrogens is 350 g/mol. The Morgan fingerprint density at radius 1 is 1.38 bits per heavy atom. The number of hydrogen-bond donors (Lipinski definition) is 0. The van der Waals surface area contributed by atoms with E-state index in [4.69, 9.17) is 9.47 Å². The van der Waals surface area contributed by atoms with Crippen molar-refractivity contribution in [2.24, 2.45) is 0 Å². The van der Waals surface area contributed by atoms with Gasteiger partial charge in [0.25, 0.3) is 5.69 Å². The summed E-state index contributed by atoms with van der Waals surface area (Å²) in [5.74, 6) is -0.520. The Morgan fingerprint density at radius 2 is 1.96 bits per heavy atom. The molecule has 0 radical (unpaired) electrons. The molecule has 2 rings (SSSR count). The predicted octanol–water partition coefficient (Wildman–Crippen LogP) is 4.58. The first-order valence-corrected chi connectivity index (χ1v) is 12.5. The standard InChI is InChI=1S/C19H27NO5Si/c1-7-16-19(3,25-16)17(13(2)12-26(4,5)6)24-18(21)14-8-10-15(11-9-14)20(22)23/h8-11,16-17H,2,7,12H2,1,3-6H3/t16-,17+,19+/m1/s1. The molecule has 0 unspecified atom stereocenters. The Kier molecular flexibility index (Phi) is 5.72. The van der Waals surface area contributed by atoms with Gasteiger partial charge in [0.15, 0.2) is 6.10 Å². The fourth-order valence-electron chi connectivity index (χ4n) is 3.27. The van der Waals surface area contributed by atoms with Crippen LogP contribution in [0.5, 0.6) is 0 Å². The second kappa shape index (κ2) is 7.32. The van der Waals surface area contributed by atoms with Gasteiger partial charge in [-0.05, 0) is 37.1 Å². The van der Waals surface area contributed by atoms with Gasteiger partial charge >= 0.3 is 5.97 Å². The highest BCUT2D eigenvalue weighted by molar-refractivity contribution is 6.76. The Balaban J connectivity index is 2.19. The van der Waals surface area contributed by atoms with Gasteiger partial charge in [0.2, 0.25) is 0 Å². The summed E-state index contributed by atoms with van der Waals surface area (Å²) in [6.45, 7) is 14.9. The average molecular weight is 378 g/mol. The summed E-state index contributed by atoms with van der Waals surface area (Å²) in [4.78, 5) is 22.9. The van der Waals surface area contributed by atoms with Crippen molar-refractivity contribution < 1.29 is 19.2 Å². The van der Waals surface area contributed by atoms with Crippen LogP contribution >= 0.6 is 0 Å². The zero-order valence-corrected chi connectivity index (χ0v) is 17.1. The second-order valence-corrected chi connectivity index (χ2v) is 13.7. The fraction of sp³-hybridized carbons (Fsp3) is 0.526. The lowest BCUT2D eigenvalue weighted by Crippen LogP contribution is -2.37. The van der Waals surface area contributed by atoms with Gasteiger partial charge in [-0.25, -0.2) is 4.79 Å². The molecule has 3 atom stereocenters. The number of nitro benzene ring substituents is 1. The first kappa shape index (κ1) is 20.3. The number of rotatable bonds is 8. The van der Waals surface area contributed by atoms with Crippen LogP contribution in [0.15, 0.2) is 36.4 Å². The number of benzene rings is 1. The Bertz CT molecular complexity index is 710. The SMILES string of the molecule is C=C(C[Si](C)(C)C)[C@H](OC(=O)c1ccc([N+](=O)[O-])cc1)[C@@]1(C)O[C@@H]1CC. The number of nitro groups is 1. The topological polar surface area (TPSA) is 82.0 Å². The predicted molar refractivity (Wildman–Crippen MR) is 103 cm³/mol. The van der Waals surface area contributed by atoms with Crippen LogP contribution in [0.3, 0.4) is 0 Å². The van der Waals surface area contributed by atoms with E-state index < -0.39 is 30.7 Å². The van der Waals surface area contributed by atoms with E-state index in [2.05, 4.69) is 26.2 Å². The molecule has 0 amide bonds. The van der Waals surface area contributed by atoms with Crippen molar-refractivity contribution in [3.05, 3.63) is 52.1 Å². The van der Waals surface area contributed by atoms with Crippen molar-refractivity contribution in [2.75, 3.05) is 0 Å². The number of esters is 1. The average Bonchev–Trinajstić information content (AvgIpc) is 3.22. The molecule has 0 bridgehead atoms. The number of carbonyl (C=O) groups excluding carboxylic acids is 1. The molecular formula is C19H27NO5Si. The van der Waals surface area contributed by atoms with E-state index >= 15 is 0 Å². The van der Waals surface area contributed by atoms with Crippen LogP contribution in [-0.4, -0.2) is 36.8 Å². The number of carbonyl (C=O) groups is 1. The second-order valence-electron chi connectivity index (χ2n) is 8.18. The van der Waals surface area contributed by atoms with Crippen molar-refractivity contribution in [3.63, 3.8) is 0 Å². The minimum Gasteiger partial charge on any atom is -0.451 e. The minimum absolute atomic E-state index is 0.0375. The summed E-state index contributed by atoms with van der Waals surface area (Å²) in [7, 11) is -1.44. The van der Waals surface area contributed by atoms with E-state index in [1.54, 1.807) is 0 Å². The molecule has 7 heteroatoms. The summed E-state index contributed by atoms with van der Waals surface area (Å²) >= 11 is 0. The Labute approximate surface area is 155 Å². The van der Waals surface area contributed by atoms with E-state index in [0.717, 1.165) is 18.0 Å². The molecule has 1 heterocycles. The van der Waals surface area contributed by atoms with Crippen LogP contribution in [0.4, 0.5) is 5.69 Å². The highest BCUT2D eigenvalue weighted by atomic mass is 28.3. The first-order chi connectivity index (χ1) is 12.0. The normalized spacial score (nSPS) is 23.2. The summed E-state index contributed by atoms with van der Waals surface area (Å²) in [5.41, 5.74) is 0.531. The third kappa shape index (κ3) is 4.59. The van der Waals surface area contributed by atoms with Crippen LogP contribution in [0.1, 0.15) is 30.6 Å². The molecule has 1 aromatic rings. The lowest BCUT2D eigenvalue weighted by Gasteiger charge is -2.28. The summed E-state index contributed by atoms with van der Waals surface area (Å²) in [6.07, 6.45) is 0.347. The van der Waals surface area contributed by atoms with Crippen LogP contribution in [0.25, 0.3) is 0 Å². The van der Waals surface area contributed by atoms with Crippen LogP contribution in [0.2, 0.25) is 25.7 Å². The van der Waals surface area contributed by atoms with E-state index in [9.17, 15) is 14.9 Å². The number of hydrogen-bond acceptors (Lipinski definition) is 5. The smallest absolute Gasteiger partial charge is 0.338 e. The molecule has 0 saturated carbocycles. The van der Waals surface area contributed by atoms with Crippen LogP contribution in [-0.2, 0) is 9.47 Å². The quantitative estimate of drug-likeness (QED) is 0.165. The maximum atomic E-state index is 12.6. The molecule has 1 fully saturated rings. The zero-order chi connectivity index (χ0) is 19.7. The van der Waals surface area contributed by atoms with Gasteiger partial charge < -0.3 is 9.47 Å². The van der Waals surface area contributed by atoms with Gasteiger partial charge in [-0.2, -0.15) is 0 Å². The molecule has 6 nitrogen and oxygen atoms in total. The Morgan fingerprint density at radius 3 is 2.38 bits per heavy atom. The molecule has 1 aromatic carbocycles. The maximum absolute atomic E-state index is 12.6. The third-order valence-electron chi connectivity index (χ3n) is 4.54. The molecule has 0 N–H and O–H groups in total. The molecule has 1 aliphatic heterocycles. The Hall–Kier alpha value is -1.99. The molecule has 26 heavy (non-hydrogen) atoms. The largest absolute Gasteiger partial charge is 0.451 e. The van der Waals surface area contributed by atoms with Gasteiger partial charge in [0.1, 0.15) is 5.60 Å². The lowest BCUT2D eigenvalue weighted by atomic mass is 9.94. The van der Waals surface area contributed by atoms with Crippen molar-refractivity contribution in [3.8, 4) is 0 Å². The van der Waals surface area contributed by atoms with Gasteiger partial charge in [-0.15, -0.1) is 0 Å². The highest BCUT2D eigenvalue weighted by Gasteiger charge is 2.59. The number of ether oxygens (including phenoxy) is 2. The fourth-order valence-corrected chi connectivity index (χ4v) is 4.81. The number of epoxide rings is 1. The van der Waals surface area contributed by atoms with Gasteiger partial charge in [0, 0.05) is 20.2 Å². The van der Waals surface area contributed by atoms with Crippen molar-refractivity contribution >= 4 is 19.7 Å². The molecule has 142 valence electrons. The number of nitrogens with zero attached hydrogens (tertiary/aromatic N) is 1. The number of non-ortho nitro benzene ring substituents is 1. The van der Waals surface area contributed by atoms with E-state index in [1.165, 1.54) is 24.3 Å². The first-order valence-electron chi connectivity index (χ1n) is 8.79. The van der Waals surface area contributed by atoms with Gasteiger partial charge in [0.05, 0.1) is 16.6 Å². The van der Waals surface area contributed by atoms with Crippen molar-refractivity contribution in [2.45, 2.75) is 63.8 Å². The van der Waals surface area contributed by atoms with E-state index in [1.807, 2.05) is 13.8 Å². The molecule has 0 aliphatic carbocycles. The molecule has 1 saturated heterocycles. The third-order valence-corrected chi connectivity index (χ3v) is 6.05.